The van der Waals surface area contributed by atoms with Gasteiger partial charge >= 0.3 is 0 Å². The number of pyridine rings is 1. The van der Waals surface area contributed by atoms with Crippen molar-refractivity contribution >= 4 is 56.5 Å². The molecular weight excluding hydrogens is 823 g/mol. The van der Waals surface area contributed by atoms with E-state index in [-0.39, 0.29) is 40.1 Å². The van der Waals surface area contributed by atoms with Crippen LogP contribution >= 0.6 is 11.6 Å². The van der Waals surface area contributed by atoms with Crippen LogP contribution in [0.4, 0.5) is 15.8 Å². The molecule has 4 heterocycles. The zero-order valence-corrected chi connectivity index (χ0v) is 35.1. The maximum atomic E-state index is 16.3. The molecule has 13 nitrogen and oxygen atoms in total. The van der Waals surface area contributed by atoms with Gasteiger partial charge < -0.3 is 24.1 Å². The normalized spacial score (nSPS) is 19.8. The van der Waals surface area contributed by atoms with Crippen LogP contribution in [-0.2, 0) is 26.9 Å². The average Bonchev–Trinajstić information content (AvgIpc) is 3.73. The SMILES string of the molecule is O=C(NS(=O)c1ccc(C[C@H]2COCCO2)c([N+](=O)[O-])c1)c1cc(F)c(N2CCN(CC3=C(c4ccc(Cl)cc4)CC4(CCC4)CC3)CC2)cc1Oc1cnc2[nH]ccc2c1. The molecule has 0 bridgehead atoms. The van der Waals surface area contributed by atoms with Crippen LogP contribution in [0.1, 0.15) is 60.0 Å². The van der Waals surface area contributed by atoms with Crippen LogP contribution in [0.5, 0.6) is 11.5 Å². The van der Waals surface area contributed by atoms with Crippen molar-refractivity contribution in [1.82, 2.24) is 19.6 Å². The number of rotatable bonds is 12. The second kappa shape index (κ2) is 17.7. The number of carbonyl (C=O) groups is 1. The summed E-state index contributed by atoms with van der Waals surface area (Å²) in [5.74, 6) is -1.19. The molecule has 1 amide bonds. The molecular formula is C45H46ClFN6O7S. The lowest BCUT2D eigenvalue weighted by atomic mass is 9.59. The number of allylic oxidation sites excluding steroid dienone is 1. The topological polar surface area (TPSA) is 152 Å². The Morgan fingerprint density at radius 1 is 1.07 bits per heavy atom. The van der Waals surface area contributed by atoms with Gasteiger partial charge in [0.2, 0.25) is 0 Å². The number of hydrogen-bond donors (Lipinski definition) is 2. The van der Waals surface area contributed by atoms with Gasteiger partial charge in [0.15, 0.2) is 11.0 Å². The number of fused-ring (bicyclic) bond motifs is 1. The smallest absolute Gasteiger partial charge is 0.273 e. The number of nitro groups is 1. The van der Waals surface area contributed by atoms with E-state index in [1.807, 2.05) is 23.1 Å². The van der Waals surface area contributed by atoms with Gasteiger partial charge in [0.25, 0.3) is 11.6 Å². The van der Waals surface area contributed by atoms with E-state index in [2.05, 4.69) is 31.7 Å². The molecule has 1 spiro atoms. The van der Waals surface area contributed by atoms with Crippen LogP contribution in [-0.4, -0.2) is 88.6 Å². The Hall–Kier alpha value is -5.19. The summed E-state index contributed by atoms with van der Waals surface area (Å²) in [7, 11) is -2.25. The summed E-state index contributed by atoms with van der Waals surface area (Å²) in [5.41, 5.74) is 5.40. The summed E-state index contributed by atoms with van der Waals surface area (Å²) in [6.07, 6.45) is 10.4. The monoisotopic (exact) mass is 868 g/mol. The fraction of sp³-hybridized carbons (Fsp3) is 0.378. The van der Waals surface area contributed by atoms with E-state index in [0.717, 1.165) is 35.9 Å². The molecule has 5 aromatic rings. The van der Waals surface area contributed by atoms with Crippen LogP contribution in [0.15, 0.2) is 89.6 Å². The van der Waals surface area contributed by atoms with Gasteiger partial charge in [-0.1, -0.05) is 41.8 Å². The van der Waals surface area contributed by atoms with Crippen LogP contribution in [0.2, 0.25) is 5.02 Å². The molecule has 3 aromatic carbocycles. The summed E-state index contributed by atoms with van der Waals surface area (Å²) < 4.78 is 49.6. The number of amides is 1. The zero-order chi connectivity index (χ0) is 42.1. The number of H-pyrrole nitrogens is 1. The Labute approximate surface area is 360 Å². The number of piperazine rings is 1. The van der Waals surface area contributed by atoms with Gasteiger partial charge in [-0.2, -0.15) is 0 Å². The third kappa shape index (κ3) is 9.07. The largest absolute Gasteiger partial charge is 0.455 e. The number of nitrogens with one attached hydrogen (secondary N) is 2. The van der Waals surface area contributed by atoms with E-state index >= 15 is 4.39 Å². The fourth-order valence-corrected chi connectivity index (χ4v) is 9.99. The van der Waals surface area contributed by atoms with Crippen molar-refractivity contribution in [3.05, 3.63) is 122 Å². The molecule has 2 atom stereocenters. The Morgan fingerprint density at radius 2 is 1.89 bits per heavy atom. The van der Waals surface area contributed by atoms with E-state index in [4.69, 9.17) is 25.8 Å². The van der Waals surface area contributed by atoms with Crippen molar-refractivity contribution in [2.24, 2.45) is 5.41 Å². The van der Waals surface area contributed by atoms with E-state index in [1.165, 1.54) is 72.9 Å². The lowest BCUT2D eigenvalue weighted by Crippen LogP contribution is -2.47. The van der Waals surface area contributed by atoms with E-state index in [9.17, 15) is 19.1 Å². The second-order valence-electron chi connectivity index (χ2n) is 16.4. The molecule has 1 saturated carbocycles. The molecule has 2 N–H and O–H groups in total. The van der Waals surface area contributed by atoms with Crippen molar-refractivity contribution in [2.75, 3.05) is 57.4 Å². The van der Waals surface area contributed by atoms with Crippen LogP contribution in [0, 0.1) is 21.3 Å². The van der Waals surface area contributed by atoms with Crippen molar-refractivity contribution in [3.63, 3.8) is 0 Å². The van der Waals surface area contributed by atoms with Crippen LogP contribution in [0.3, 0.4) is 0 Å². The minimum atomic E-state index is -2.25. The minimum absolute atomic E-state index is 0.00373. The Bertz CT molecular complexity index is 2510. The molecule has 2 aliphatic carbocycles. The molecule has 61 heavy (non-hydrogen) atoms. The van der Waals surface area contributed by atoms with Gasteiger partial charge in [-0.05, 0) is 85.1 Å². The number of nitrogens with zero attached hydrogens (tertiary/aromatic N) is 4. The number of hydrogen-bond acceptors (Lipinski definition) is 10. The summed E-state index contributed by atoms with van der Waals surface area (Å²) >= 11 is 6.26. The minimum Gasteiger partial charge on any atom is -0.455 e. The quantitative estimate of drug-likeness (QED) is 0.0924. The Morgan fingerprint density at radius 3 is 2.62 bits per heavy atom. The first kappa shape index (κ1) is 41.2. The Balaban J connectivity index is 0.938. The van der Waals surface area contributed by atoms with E-state index < -0.39 is 27.6 Å². The van der Waals surface area contributed by atoms with Gasteiger partial charge in [0, 0.05) is 73.4 Å². The summed E-state index contributed by atoms with van der Waals surface area (Å²) in [4.78, 5) is 37.2. The molecule has 4 aliphatic rings. The number of nitro benzene ring substituents is 1. The molecule has 0 radical (unpaired) electrons. The number of carbonyl (C=O) groups excluding carboxylic acids is 1. The number of ether oxygens (including phenoxy) is 3. The lowest BCUT2D eigenvalue weighted by molar-refractivity contribution is -0.385. The Kier molecular flexibility index (Phi) is 11.9. The predicted octanol–water partition coefficient (Wildman–Crippen LogP) is 8.40. The van der Waals surface area contributed by atoms with Crippen LogP contribution in [0.25, 0.3) is 16.6 Å². The molecule has 2 aliphatic heterocycles. The maximum absolute atomic E-state index is 16.3. The highest BCUT2D eigenvalue weighted by atomic mass is 35.5. The lowest BCUT2D eigenvalue weighted by Gasteiger charge is -2.47. The van der Waals surface area contributed by atoms with Gasteiger partial charge in [0.1, 0.15) is 23.0 Å². The van der Waals surface area contributed by atoms with Crippen molar-refractivity contribution in [1.29, 1.82) is 0 Å². The number of halogens is 2. The first-order valence-corrected chi connectivity index (χ1v) is 22.2. The molecule has 9 rings (SSSR count). The predicted molar refractivity (Wildman–Crippen MR) is 231 cm³/mol. The van der Waals surface area contributed by atoms with Gasteiger partial charge in [0.05, 0.1) is 53.2 Å². The highest BCUT2D eigenvalue weighted by Crippen LogP contribution is 2.55. The third-order valence-electron chi connectivity index (χ3n) is 12.6. The third-order valence-corrected chi connectivity index (χ3v) is 13.9. The van der Waals surface area contributed by atoms with Crippen molar-refractivity contribution in [3.8, 4) is 11.5 Å². The first-order chi connectivity index (χ1) is 29.6. The molecule has 318 valence electrons. The standard InChI is InChI=1S/C45H46ClFN6O7S/c46-33-5-2-29(3-6-33)38-25-45(10-1-11-45)12-8-32(38)27-51-14-16-52(17-15-51)41-24-42(60-34-21-31-9-13-48-43(31)49-26-34)37(23-39(41)47)44(54)50-61(57)36-7-4-30(40(22-36)53(55)56)20-35-28-58-18-19-59-35/h2-7,9,13,21-24,26,35H,1,8,10-12,14-20,25,27-28H2,(H,48,49)(H,50,54)/t35-,61?/m0/s1. The van der Waals surface area contributed by atoms with Crippen LogP contribution < -0.4 is 14.4 Å². The van der Waals surface area contributed by atoms with Gasteiger partial charge in [-0.15, -0.1) is 0 Å². The molecule has 1 unspecified atom stereocenters. The van der Waals surface area contributed by atoms with Crippen molar-refractivity contribution in [2.45, 2.75) is 55.9 Å². The fourth-order valence-electron chi connectivity index (χ4n) is 9.06. The van der Waals surface area contributed by atoms with Crippen molar-refractivity contribution < 1.29 is 32.5 Å². The summed E-state index contributed by atoms with van der Waals surface area (Å²) in [6, 6.07) is 18.5. The van der Waals surface area contributed by atoms with Gasteiger partial charge in [-0.3, -0.25) is 24.5 Å². The van der Waals surface area contributed by atoms with E-state index in [1.54, 1.807) is 12.3 Å². The molecule has 2 saturated heterocycles. The number of benzene rings is 3. The molecule has 16 heteroatoms. The number of aromatic amines is 1. The first-order valence-electron chi connectivity index (χ1n) is 20.7. The van der Waals surface area contributed by atoms with Gasteiger partial charge in [-0.25, -0.2) is 13.6 Å². The maximum Gasteiger partial charge on any atom is 0.273 e. The molecule has 2 aromatic heterocycles. The number of anilines is 1. The van der Waals surface area contributed by atoms with E-state index in [0.29, 0.717) is 68.4 Å². The highest BCUT2D eigenvalue weighted by molar-refractivity contribution is 7.83. The highest BCUT2D eigenvalue weighted by Gasteiger charge is 2.41. The average molecular weight is 869 g/mol. The summed E-state index contributed by atoms with van der Waals surface area (Å²) in [5, 5.41) is 13.5. The second-order valence-corrected chi connectivity index (χ2v) is 18.0. The number of aromatic nitrogens is 2. The molecule has 3 fully saturated rings. The summed E-state index contributed by atoms with van der Waals surface area (Å²) in [6.45, 7) is 4.50. The zero-order valence-electron chi connectivity index (χ0n) is 33.5.